The first-order valence-electron chi connectivity index (χ1n) is 7.70. The molecule has 0 aromatic heterocycles. The maximum absolute atomic E-state index is 13.7. The molecule has 12 heteroatoms. The first-order valence-corrected chi connectivity index (χ1v) is 9.35. The van der Waals surface area contributed by atoms with E-state index in [1.54, 1.807) is 0 Å². The summed E-state index contributed by atoms with van der Waals surface area (Å²) in [6.45, 7) is 0. The molecule has 2 aliphatic heterocycles. The van der Waals surface area contributed by atoms with E-state index >= 15 is 0 Å². The van der Waals surface area contributed by atoms with Gasteiger partial charge in [-0.3, -0.25) is 24.6 Å². The van der Waals surface area contributed by atoms with Crippen molar-refractivity contribution in [2.24, 2.45) is 0 Å². The quantitative estimate of drug-likeness (QED) is 0.591. The van der Waals surface area contributed by atoms with Gasteiger partial charge in [-0.25, -0.2) is 17.2 Å². The normalized spacial score (nSPS) is 22.4. The lowest BCUT2D eigenvalue weighted by Gasteiger charge is -2.31. The zero-order valence-corrected chi connectivity index (χ0v) is 14.5. The van der Waals surface area contributed by atoms with Crippen LogP contribution in [0, 0.1) is 21.7 Å². The molecule has 1 atom stereocenters. The third-order valence-corrected chi connectivity index (χ3v) is 6.74. The van der Waals surface area contributed by atoms with E-state index in [-0.39, 0.29) is 16.9 Å². The third-order valence-electron chi connectivity index (χ3n) is 4.62. The molecule has 1 N–H and O–H groups in total. The van der Waals surface area contributed by atoms with Crippen molar-refractivity contribution in [3.8, 4) is 0 Å². The van der Waals surface area contributed by atoms with Crippen LogP contribution in [0.2, 0.25) is 0 Å². The molecule has 1 unspecified atom stereocenters. The topological polar surface area (TPSA) is 127 Å². The molecule has 2 heterocycles. The van der Waals surface area contributed by atoms with Crippen molar-refractivity contribution in [3.05, 3.63) is 63.7 Å². The first-order chi connectivity index (χ1) is 13.1. The van der Waals surface area contributed by atoms with Crippen LogP contribution in [-0.2, 0) is 24.3 Å². The molecular formula is C16H9F2N3O6S. The lowest BCUT2D eigenvalue weighted by Crippen LogP contribution is -2.52. The summed E-state index contributed by atoms with van der Waals surface area (Å²) in [5, 5.41) is 13.4. The molecule has 0 saturated carbocycles. The second-order valence-corrected chi connectivity index (χ2v) is 8.28. The van der Waals surface area contributed by atoms with Crippen LogP contribution in [0.3, 0.4) is 0 Å². The van der Waals surface area contributed by atoms with Crippen LogP contribution in [0.15, 0.2) is 36.4 Å². The Morgan fingerprint density at radius 2 is 1.82 bits per heavy atom. The van der Waals surface area contributed by atoms with E-state index in [2.05, 4.69) is 5.32 Å². The molecule has 2 aromatic rings. The number of hydrogen-bond donors (Lipinski definition) is 1. The summed E-state index contributed by atoms with van der Waals surface area (Å²) in [6.07, 6.45) is 0. The van der Waals surface area contributed by atoms with Crippen LogP contribution in [0.1, 0.15) is 5.56 Å². The van der Waals surface area contributed by atoms with Crippen LogP contribution < -0.4 is 10.2 Å². The van der Waals surface area contributed by atoms with Gasteiger partial charge in [-0.2, -0.15) is 0 Å². The van der Waals surface area contributed by atoms with E-state index in [1.165, 1.54) is 0 Å². The Morgan fingerprint density at radius 3 is 2.46 bits per heavy atom. The highest BCUT2D eigenvalue weighted by molar-refractivity contribution is 7.94. The van der Waals surface area contributed by atoms with Gasteiger partial charge in [-0.15, -0.1) is 0 Å². The Hall–Kier alpha value is -3.41. The number of nitro benzene ring substituents is 1. The number of carbonyl (C=O) groups is 2. The Morgan fingerprint density at radius 1 is 1.11 bits per heavy atom. The van der Waals surface area contributed by atoms with Gasteiger partial charge in [0.15, 0.2) is 21.5 Å². The fourth-order valence-corrected chi connectivity index (χ4v) is 5.48. The van der Waals surface area contributed by atoms with Crippen molar-refractivity contribution in [2.75, 3.05) is 16.0 Å². The average Bonchev–Trinajstić information content (AvgIpc) is 3.02. The second-order valence-electron chi connectivity index (χ2n) is 6.17. The number of benzene rings is 2. The number of non-ortho nitro benzene ring substituents is 1. The highest BCUT2D eigenvalue weighted by Crippen LogP contribution is 2.51. The molecule has 28 heavy (non-hydrogen) atoms. The molecule has 144 valence electrons. The molecule has 2 amide bonds. The van der Waals surface area contributed by atoms with Gasteiger partial charge in [0, 0.05) is 35.1 Å². The summed E-state index contributed by atoms with van der Waals surface area (Å²) in [4.78, 5) is 33.6. The molecule has 9 nitrogen and oxygen atoms in total. The lowest BCUT2D eigenvalue weighted by molar-refractivity contribution is -0.384. The third kappa shape index (κ3) is 2.11. The number of nitrogens with zero attached hydrogens (tertiary/aromatic N) is 2. The number of sulfone groups is 1. The van der Waals surface area contributed by atoms with Crippen LogP contribution in [0.5, 0.6) is 0 Å². The Balaban J connectivity index is 2.06. The van der Waals surface area contributed by atoms with E-state index in [0.29, 0.717) is 17.0 Å². The summed E-state index contributed by atoms with van der Waals surface area (Å²) < 4.78 is 52.9. The van der Waals surface area contributed by atoms with Gasteiger partial charge >= 0.3 is 0 Å². The predicted molar refractivity (Wildman–Crippen MR) is 91.0 cm³/mol. The summed E-state index contributed by atoms with van der Waals surface area (Å²) in [5.41, 5.74) is -1.25. The fourth-order valence-electron chi connectivity index (χ4n) is 3.49. The van der Waals surface area contributed by atoms with E-state index in [1.807, 2.05) is 0 Å². The molecule has 0 bridgehead atoms. The minimum absolute atomic E-state index is 0.0403. The number of anilines is 2. The molecular weight excluding hydrogens is 400 g/mol. The van der Waals surface area contributed by atoms with Crippen LogP contribution in [0.4, 0.5) is 25.8 Å². The molecule has 1 saturated heterocycles. The van der Waals surface area contributed by atoms with Crippen LogP contribution in [0.25, 0.3) is 0 Å². The average molecular weight is 409 g/mol. The zero-order chi connectivity index (χ0) is 20.4. The fraction of sp³-hybridized carbons (Fsp3) is 0.125. The Bertz CT molecular complexity index is 1200. The van der Waals surface area contributed by atoms with Crippen LogP contribution >= 0.6 is 0 Å². The van der Waals surface area contributed by atoms with Gasteiger partial charge < -0.3 is 5.32 Å². The van der Waals surface area contributed by atoms with Gasteiger partial charge in [0.25, 0.3) is 16.5 Å². The monoisotopic (exact) mass is 409 g/mol. The molecule has 1 fully saturated rings. The SMILES string of the molecule is O=C1CS(=O)(=O)C2(C(=O)Nc3ccc([N+](=O)[O-])cc32)N1c1ccc(F)c(F)c1. The second kappa shape index (κ2) is 5.55. The van der Waals surface area contributed by atoms with Gasteiger partial charge in [-0.1, -0.05) is 0 Å². The number of nitrogens with one attached hydrogen (secondary N) is 1. The van der Waals surface area contributed by atoms with Crippen molar-refractivity contribution in [3.63, 3.8) is 0 Å². The number of halogens is 2. The van der Waals surface area contributed by atoms with Gasteiger partial charge in [0.05, 0.1) is 4.92 Å². The smallest absolute Gasteiger partial charge is 0.271 e. The Kier molecular flexibility index (Phi) is 3.56. The van der Waals surface area contributed by atoms with Crippen molar-refractivity contribution < 1.29 is 31.7 Å². The van der Waals surface area contributed by atoms with Crippen molar-refractivity contribution in [1.29, 1.82) is 0 Å². The maximum atomic E-state index is 13.7. The van der Waals surface area contributed by atoms with Gasteiger partial charge in [0.1, 0.15) is 5.75 Å². The van der Waals surface area contributed by atoms with Crippen molar-refractivity contribution in [2.45, 2.75) is 4.87 Å². The molecule has 2 aliphatic rings. The Labute approximate surface area is 155 Å². The first kappa shape index (κ1) is 18.0. The highest BCUT2D eigenvalue weighted by atomic mass is 32.2. The van der Waals surface area contributed by atoms with Crippen LogP contribution in [-0.4, -0.2) is 30.9 Å². The molecule has 4 rings (SSSR count). The minimum atomic E-state index is -4.54. The summed E-state index contributed by atoms with van der Waals surface area (Å²) in [5.74, 6) is -5.87. The molecule has 1 spiro atoms. The number of nitro groups is 1. The predicted octanol–water partition coefficient (Wildman–Crippen LogP) is 1.44. The number of rotatable bonds is 2. The van der Waals surface area contributed by atoms with E-state index in [4.69, 9.17) is 0 Å². The summed E-state index contributed by atoms with van der Waals surface area (Å²) in [7, 11) is -4.54. The van der Waals surface area contributed by atoms with Crippen molar-refractivity contribution in [1.82, 2.24) is 0 Å². The molecule has 0 radical (unpaired) electrons. The lowest BCUT2D eigenvalue weighted by atomic mass is 10.0. The van der Waals surface area contributed by atoms with Gasteiger partial charge in [0.2, 0.25) is 5.91 Å². The number of hydrogen-bond acceptors (Lipinski definition) is 6. The van der Waals surface area contributed by atoms with Crippen molar-refractivity contribution >= 4 is 38.7 Å². The molecule has 2 aromatic carbocycles. The largest absolute Gasteiger partial charge is 0.322 e. The highest BCUT2D eigenvalue weighted by Gasteiger charge is 2.68. The maximum Gasteiger partial charge on any atom is 0.271 e. The molecule has 0 aliphatic carbocycles. The standard InChI is InChI=1S/C16H9F2N3O6S/c17-11-3-1-8(6-12(11)18)20-14(22)7-28(26,27)16(20)10-5-9(21(24)25)2-4-13(10)19-15(16)23/h1-6H,7H2,(H,19,23). The van der Waals surface area contributed by atoms with Gasteiger partial charge in [-0.05, 0) is 18.2 Å². The zero-order valence-electron chi connectivity index (χ0n) is 13.7. The minimum Gasteiger partial charge on any atom is -0.322 e. The number of amides is 2. The van der Waals surface area contributed by atoms with E-state index < -0.39 is 54.5 Å². The number of fused-ring (bicyclic) bond motifs is 2. The summed E-state index contributed by atoms with van der Waals surface area (Å²) in [6, 6.07) is 5.28. The summed E-state index contributed by atoms with van der Waals surface area (Å²) >= 11 is 0. The number of carbonyl (C=O) groups excluding carboxylic acids is 2. The van der Waals surface area contributed by atoms with E-state index in [0.717, 1.165) is 24.3 Å². The van der Waals surface area contributed by atoms with E-state index in [9.17, 15) is 36.9 Å².